The number of hydrogen-bond acceptors (Lipinski definition) is 3. The van der Waals surface area contributed by atoms with E-state index in [1.165, 1.54) is 53.5 Å². The number of benzene rings is 6. The van der Waals surface area contributed by atoms with Crippen LogP contribution in [0.5, 0.6) is 0 Å². The summed E-state index contributed by atoms with van der Waals surface area (Å²) in [5, 5.41) is 4.62. The lowest BCUT2D eigenvalue weighted by atomic mass is 9.68. The van der Waals surface area contributed by atoms with Gasteiger partial charge in [0.1, 0.15) is 11.2 Å². The van der Waals surface area contributed by atoms with Gasteiger partial charge in [0.15, 0.2) is 0 Å². The lowest BCUT2D eigenvalue weighted by Crippen LogP contribution is -2.30. The van der Waals surface area contributed by atoms with E-state index in [0.29, 0.717) is 11.9 Å². The van der Waals surface area contributed by atoms with Gasteiger partial charge >= 0.3 is 0 Å². The predicted octanol–water partition coefficient (Wildman–Crippen LogP) is 12.3. The molecule has 0 N–H and O–H groups in total. The Morgan fingerprint density at radius 3 is 2.28 bits per heavy atom. The van der Waals surface area contributed by atoms with Crippen molar-refractivity contribution in [3.63, 3.8) is 0 Å². The largest absolute Gasteiger partial charge is 0.455 e. The van der Waals surface area contributed by atoms with Crippen LogP contribution in [0.25, 0.3) is 83.7 Å². The second-order valence-corrected chi connectivity index (χ2v) is 15.2. The van der Waals surface area contributed by atoms with Crippen molar-refractivity contribution in [2.45, 2.75) is 37.5 Å². The van der Waals surface area contributed by atoms with Crippen LogP contribution in [-0.4, -0.2) is 14.5 Å². The molecule has 53 heavy (non-hydrogen) atoms. The molecule has 1 unspecified atom stereocenters. The Bertz CT molecular complexity index is 2990. The molecule has 0 bridgehead atoms. The fourth-order valence-corrected chi connectivity index (χ4v) is 10.4. The van der Waals surface area contributed by atoms with Crippen molar-refractivity contribution >= 4 is 55.4 Å². The normalized spacial score (nSPS) is 17.1. The second kappa shape index (κ2) is 10.9. The number of fused-ring (bicyclic) bond motifs is 12. The minimum absolute atomic E-state index is 0.200. The average Bonchev–Trinajstić information content (AvgIpc) is 3.99. The highest BCUT2D eigenvalue weighted by Gasteiger charge is 2.52. The summed E-state index contributed by atoms with van der Waals surface area (Å²) < 4.78 is 8.90. The molecule has 1 atom stereocenters. The van der Waals surface area contributed by atoms with E-state index >= 15 is 0 Å². The Morgan fingerprint density at radius 2 is 1.38 bits per heavy atom. The maximum Gasteiger partial charge on any atom is 0.235 e. The monoisotopic (exact) mass is 681 g/mol. The van der Waals surface area contributed by atoms with Crippen LogP contribution in [0.2, 0.25) is 0 Å². The van der Waals surface area contributed by atoms with Crippen LogP contribution >= 0.6 is 0 Å². The average molecular weight is 682 g/mol. The number of furan rings is 1. The molecule has 1 saturated carbocycles. The molecule has 6 aromatic carbocycles. The van der Waals surface area contributed by atoms with E-state index in [2.05, 4.69) is 144 Å². The fourth-order valence-electron chi connectivity index (χ4n) is 10.4. The van der Waals surface area contributed by atoms with Gasteiger partial charge in [0.2, 0.25) is 5.95 Å². The van der Waals surface area contributed by atoms with Crippen LogP contribution in [0.1, 0.15) is 48.1 Å². The molecule has 0 aliphatic heterocycles. The third kappa shape index (κ3) is 4.06. The standard InChI is InChI=1S/C49H35N3O/c1-2-13-30(14-3-1)46-36-17-5-8-21-42(36)50-48(51-46)52-43-24-23-31(32-18-12-19-35-34-16-6-9-22-45(34)53-47(32)35)27-38(43)39-28-41-37(29-44(39)52)33-15-4-7-20-40(33)49(41)25-10-11-26-49/h1-9,12-24,27,29,41H,10-11,25-26,28H2. The lowest BCUT2D eigenvalue weighted by molar-refractivity contribution is 0.348. The highest BCUT2D eigenvalue weighted by Crippen LogP contribution is 2.61. The molecule has 12 rings (SSSR count). The third-order valence-corrected chi connectivity index (χ3v) is 12.7. The molecule has 252 valence electrons. The van der Waals surface area contributed by atoms with E-state index in [-0.39, 0.29) is 5.41 Å². The van der Waals surface area contributed by atoms with Gasteiger partial charge in [0.05, 0.1) is 22.4 Å². The molecule has 3 aliphatic carbocycles. The number of allylic oxidation sites excluding steroid dienone is 1. The van der Waals surface area contributed by atoms with E-state index in [4.69, 9.17) is 14.4 Å². The summed E-state index contributed by atoms with van der Waals surface area (Å²) in [7, 11) is 0. The van der Waals surface area contributed by atoms with Crippen molar-refractivity contribution in [1.29, 1.82) is 0 Å². The Hall–Kier alpha value is -6.26. The first-order valence-electron chi connectivity index (χ1n) is 19.0. The van der Waals surface area contributed by atoms with Crippen molar-refractivity contribution < 1.29 is 4.42 Å². The summed E-state index contributed by atoms with van der Waals surface area (Å²) in [4.78, 5) is 10.7. The van der Waals surface area contributed by atoms with Crippen molar-refractivity contribution in [3.05, 3.63) is 162 Å². The Labute approximate surface area is 307 Å². The number of hydrogen-bond donors (Lipinski definition) is 0. The maximum atomic E-state index is 6.55. The van der Waals surface area contributed by atoms with Gasteiger partial charge in [-0.15, -0.1) is 0 Å². The van der Waals surface area contributed by atoms with E-state index in [0.717, 1.165) is 67.2 Å². The first kappa shape index (κ1) is 29.3. The van der Waals surface area contributed by atoms with Crippen LogP contribution in [0, 0.1) is 5.92 Å². The van der Waals surface area contributed by atoms with Gasteiger partial charge < -0.3 is 4.42 Å². The molecule has 4 heteroatoms. The first-order chi connectivity index (χ1) is 26.2. The topological polar surface area (TPSA) is 43.9 Å². The Kier molecular flexibility index (Phi) is 6.02. The highest BCUT2D eigenvalue weighted by molar-refractivity contribution is 6.10. The van der Waals surface area contributed by atoms with Gasteiger partial charge in [-0.3, -0.25) is 4.57 Å². The zero-order chi connectivity index (χ0) is 34.7. The Morgan fingerprint density at radius 1 is 0.623 bits per heavy atom. The zero-order valence-corrected chi connectivity index (χ0v) is 29.2. The van der Waals surface area contributed by atoms with Crippen molar-refractivity contribution in [2.75, 3.05) is 0 Å². The molecule has 1 fully saturated rings. The molecule has 4 nitrogen and oxygen atoms in total. The minimum Gasteiger partial charge on any atom is -0.455 e. The minimum atomic E-state index is 0.200. The fraction of sp³-hybridized carbons (Fsp3) is 0.143. The maximum absolute atomic E-state index is 6.55. The van der Waals surface area contributed by atoms with Crippen molar-refractivity contribution in [2.24, 2.45) is 5.92 Å². The second-order valence-electron chi connectivity index (χ2n) is 15.2. The summed E-state index contributed by atoms with van der Waals surface area (Å²) >= 11 is 0. The van der Waals surface area contributed by atoms with E-state index in [1.807, 2.05) is 6.07 Å². The smallest absolute Gasteiger partial charge is 0.235 e. The van der Waals surface area contributed by atoms with Gasteiger partial charge in [-0.25, -0.2) is 9.97 Å². The van der Waals surface area contributed by atoms with Gasteiger partial charge in [0, 0.05) is 38.1 Å². The van der Waals surface area contributed by atoms with Gasteiger partial charge in [-0.05, 0) is 83.3 Å². The molecule has 1 spiro atoms. The molecule has 9 aromatic rings. The number of aromatic nitrogens is 3. The summed E-state index contributed by atoms with van der Waals surface area (Å²) in [6.07, 6.45) is 8.62. The van der Waals surface area contributed by atoms with E-state index < -0.39 is 0 Å². The zero-order valence-electron chi connectivity index (χ0n) is 29.2. The number of rotatable bonds is 3. The van der Waals surface area contributed by atoms with Gasteiger partial charge in [-0.1, -0.05) is 128 Å². The van der Waals surface area contributed by atoms with Crippen LogP contribution in [0.3, 0.4) is 0 Å². The number of para-hydroxylation sites is 3. The predicted molar refractivity (Wildman–Crippen MR) is 216 cm³/mol. The molecular formula is C49H35N3O. The SMILES string of the molecule is C1=C2c3ccccc3C3(CCCC3)C2Cc2c1n(-c1nc(-c3ccccc3)c3ccccc3n1)c1ccc(-c3cccc4c3oc3ccccc34)cc21. The molecule has 0 radical (unpaired) electrons. The molecule has 0 saturated heterocycles. The van der Waals surface area contributed by atoms with Gasteiger partial charge in [0.25, 0.3) is 0 Å². The summed E-state index contributed by atoms with van der Waals surface area (Å²) in [5.41, 5.74) is 15.5. The van der Waals surface area contributed by atoms with Crippen LogP contribution in [0.15, 0.2) is 144 Å². The molecular weight excluding hydrogens is 647 g/mol. The number of nitrogens with zero attached hydrogens (tertiary/aromatic N) is 3. The van der Waals surface area contributed by atoms with Crippen molar-refractivity contribution in [3.8, 4) is 28.3 Å². The van der Waals surface area contributed by atoms with E-state index in [1.54, 1.807) is 5.56 Å². The van der Waals surface area contributed by atoms with Crippen molar-refractivity contribution in [1.82, 2.24) is 14.5 Å². The third-order valence-electron chi connectivity index (χ3n) is 12.7. The molecule has 3 heterocycles. The Balaban J connectivity index is 1.15. The highest BCUT2D eigenvalue weighted by atomic mass is 16.3. The van der Waals surface area contributed by atoms with E-state index in [9.17, 15) is 0 Å². The van der Waals surface area contributed by atoms with Crippen LogP contribution in [0.4, 0.5) is 0 Å². The van der Waals surface area contributed by atoms with Crippen LogP contribution < -0.4 is 0 Å². The molecule has 3 aliphatic rings. The first-order valence-corrected chi connectivity index (χ1v) is 19.0. The van der Waals surface area contributed by atoms with Gasteiger partial charge in [-0.2, -0.15) is 0 Å². The summed E-state index contributed by atoms with van der Waals surface area (Å²) in [6.45, 7) is 0. The molecule has 0 amide bonds. The summed E-state index contributed by atoms with van der Waals surface area (Å²) in [5.74, 6) is 1.16. The lowest BCUT2D eigenvalue weighted by Gasteiger charge is -2.34. The van der Waals surface area contributed by atoms with Crippen LogP contribution in [-0.2, 0) is 11.8 Å². The summed E-state index contributed by atoms with van der Waals surface area (Å²) in [6, 6.07) is 50.0. The quantitative estimate of drug-likeness (QED) is 0.186. The molecule has 3 aromatic heterocycles.